The van der Waals surface area contributed by atoms with Crippen molar-refractivity contribution in [2.45, 2.75) is 174 Å². The van der Waals surface area contributed by atoms with E-state index in [0.717, 1.165) is 57.8 Å². The predicted molar refractivity (Wildman–Crippen MR) is 180 cm³/mol. The summed E-state index contributed by atoms with van der Waals surface area (Å²) in [7, 11) is 0. The molecule has 2 N–H and O–H groups in total. The number of ether oxygens (including phenoxy) is 1. The second-order valence-corrected chi connectivity index (χ2v) is 11.7. The van der Waals surface area contributed by atoms with E-state index in [4.69, 9.17) is 4.74 Å². The standard InChI is InChI=1S/C37H67NO4/c1-3-5-7-9-11-13-15-17-18-20-21-23-25-27-29-31-36(40)38-33-35(39)34-42-37(41)32-30-28-26-24-22-19-16-14-12-10-8-6-4-2/h5,7,11,13,17-18,35,39H,3-4,6,8-10,12,14-16,19-34H2,1-2H3,(H,38,40)/b7-5-,13-11-,18-17-. The Morgan fingerprint density at radius 3 is 1.67 bits per heavy atom. The summed E-state index contributed by atoms with van der Waals surface area (Å²) in [4.78, 5) is 23.9. The largest absolute Gasteiger partial charge is 0.463 e. The summed E-state index contributed by atoms with van der Waals surface area (Å²) >= 11 is 0. The molecular weight excluding hydrogens is 522 g/mol. The van der Waals surface area contributed by atoms with Gasteiger partial charge in [-0.05, 0) is 44.9 Å². The molecule has 0 aliphatic heterocycles. The third kappa shape index (κ3) is 32.6. The van der Waals surface area contributed by atoms with Crippen molar-refractivity contribution in [3.8, 4) is 0 Å². The molecule has 5 nitrogen and oxygen atoms in total. The molecule has 0 rings (SSSR count). The minimum absolute atomic E-state index is 0.0477. The highest BCUT2D eigenvalue weighted by molar-refractivity contribution is 5.75. The zero-order valence-corrected chi connectivity index (χ0v) is 27.6. The molecule has 244 valence electrons. The first-order chi connectivity index (χ1) is 20.6. The van der Waals surface area contributed by atoms with Crippen molar-refractivity contribution in [2.75, 3.05) is 13.2 Å². The topological polar surface area (TPSA) is 75.6 Å². The van der Waals surface area contributed by atoms with Gasteiger partial charge in [-0.3, -0.25) is 9.59 Å². The highest BCUT2D eigenvalue weighted by Gasteiger charge is 2.10. The number of unbranched alkanes of at least 4 members (excludes halogenated alkanes) is 17. The summed E-state index contributed by atoms with van der Waals surface area (Å²) < 4.78 is 5.18. The maximum Gasteiger partial charge on any atom is 0.305 e. The SMILES string of the molecule is CC/C=C\C/C=C\C/C=C\CCCCCCCC(=O)NCC(O)COC(=O)CCCCCCCCCCCCCCC. The molecule has 1 amide bonds. The third-order valence-corrected chi connectivity index (χ3v) is 7.51. The number of esters is 1. The van der Waals surface area contributed by atoms with Crippen LogP contribution in [0.2, 0.25) is 0 Å². The summed E-state index contributed by atoms with van der Waals surface area (Å²) in [5.41, 5.74) is 0. The minimum atomic E-state index is -0.856. The summed E-state index contributed by atoms with van der Waals surface area (Å²) in [6, 6.07) is 0. The minimum Gasteiger partial charge on any atom is -0.463 e. The van der Waals surface area contributed by atoms with Crippen LogP contribution in [-0.2, 0) is 14.3 Å². The van der Waals surface area contributed by atoms with Crippen LogP contribution in [0.15, 0.2) is 36.5 Å². The van der Waals surface area contributed by atoms with Gasteiger partial charge in [0.05, 0.1) is 0 Å². The molecule has 42 heavy (non-hydrogen) atoms. The number of carbonyl (C=O) groups is 2. The van der Waals surface area contributed by atoms with Gasteiger partial charge in [0.1, 0.15) is 12.7 Å². The molecule has 1 unspecified atom stereocenters. The molecule has 0 aromatic rings. The Bertz CT molecular complexity index is 685. The lowest BCUT2D eigenvalue weighted by Gasteiger charge is -2.12. The zero-order valence-electron chi connectivity index (χ0n) is 27.6. The Hall–Kier alpha value is -1.88. The molecule has 0 heterocycles. The number of nitrogens with one attached hydrogen (secondary N) is 1. The number of allylic oxidation sites excluding steroid dienone is 6. The van der Waals surface area contributed by atoms with Crippen LogP contribution in [0.4, 0.5) is 0 Å². The summed E-state index contributed by atoms with van der Waals surface area (Å²) in [6.07, 6.45) is 39.6. The molecule has 0 aliphatic carbocycles. The van der Waals surface area contributed by atoms with Crippen molar-refractivity contribution < 1.29 is 19.4 Å². The molecule has 1 atom stereocenters. The number of aliphatic hydroxyl groups excluding tert-OH is 1. The van der Waals surface area contributed by atoms with E-state index in [1.54, 1.807) is 0 Å². The second-order valence-electron chi connectivity index (χ2n) is 11.7. The molecule has 0 radical (unpaired) electrons. The van der Waals surface area contributed by atoms with Crippen LogP contribution < -0.4 is 5.32 Å². The Kier molecular flexibility index (Phi) is 32.1. The quantitative estimate of drug-likeness (QED) is 0.0479. The van der Waals surface area contributed by atoms with E-state index < -0.39 is 6.10 Å². The van der Waals surface area contributed by atoms with Crippen molar-refractivity contribution in [3.05, 3.63) is 36.5 Å². The van der Waals surface area contributed by atoms with Crippen LogP contribution in [-0.4, -0.2) is 36.2 Å². The van der Waals surface area contributed by atoms with E-state index in [2.05, 4.69) is 55.6 Å². The van der Waals surface area contributed by atoms with Gasteiger partial charge in [0, 0.05) is 19.4 Å². The third-order valence-electron chi connectivity index (χ3n) is 7.51. The van der Waals surface area contributed by atoms with Crippen molar-refractivity contribution >= 4 is 11.9 Å². The number of amides is 1. The van der Waals surface area contributed by atoms with Gasteiger partial charge in [0.25, 0.3) is 0 Å². The molecule has 0 aromatic heterocycles. The Balaban J connectivity index is 3.47. The Labute approximate surface area is 260 Å². The zero-order chi connectivity index (χ0) is 30.8. The number of hydrogen-bond donors (Lipinski definition) is 2. The molecule has 0 fully saturated rings. The van der Waals surface area contributed by atoms with E-state index in [1.807, 2.05) is 0 Å². The van der Waals surface area contributed by atoms with Gasteiger partial charge in [-0.1, -0.05) is 147 Å². The van der Waals surface area contributed by atoms with Gasteiger partial charge in [0.2, 0.25) is 5.91 Å². The molecule has 0 spiro atoms. The summed E-state index contributed by atoms with van der Waals surface area (Å²) in [5, 5.41) is 12.8. The van der Waals surface area contributed by atoms with Crippen LogP contribution in [0.1, 0.15) is 168 Å². The highest BCUT2D eigenvalue weighted by Crippen LogP contribution is 2.13. The number of aliphatic hydroxyl groups is 1. The van der Waals surface area contributed by atoms with Gasteiger partial charge >= 0.3 is 5.97 Å². The van der Waals surface area contributed by atoms with E-state index in [9.17, 15) is 14.7 Å². The highest BCUT2D eigenvalue weighted by atomic mass is 16.5. The van der Waals surface area contributed by atoms with Crippen LogP contribution in [0.25, 0.3) is 0 Å². The van der Waals surface area contributed by atoms with Crippen molar-refractivity contribution in [1.29, 1.82) is 0 Å². The van der Waals surface area contributed by atoms with Crippen LogP contribution in [0, 0.1) is 0 Å². The molecule has 0 saturated heterocycles. The van der Waals surface area contributed by atoms with E-state index in [-0.39, 0.29) is 25.0 Å². The Morgan fingerprint density at radius 2 is 1.10 bits per heavy atom. The maximum absolute atomic E-state index is 12.0. The lowest BCUT2D eigenvalue weighted by molar-refractivity contribution is -0.146. The van der Waals surface area contributed by atoms with Crippen molar-refractivity contribution in [3.63, 3.8) is 0 Å². The summed E-state index contributed by atoms with van der Waals surface area (Å²) in [5.74, 6) is -0.306. The molecule has 5 heteroatoms. The summed E-state index contributed by atoms with van der Waals surface area (Å²) in [6.45, 7) is 4.48. The first-order valence-corrected chi connectivity index (χ1v) is 17.7. The second kappa shape index (κ2) is 33.6. The fourth-order valence-corrected chi connectivity index (χ4v) is 4.83. The first kappa shape index (κ1) is 40.1. The maximum atomic E-state index is 12.0. The smallest absolute Gasteiger partial charge is 0.305 e. The van der Waals surface area contributed by atoms with Gasteiger partial charge in [0.15, 0.2) is 0 Å². The van der Waals surface area contributed by atoms with Crippen LogP contribution in [0.3, 0.4) is 0 Å². The number of carbonyl (C=O) groups excluding carboxylic acids is 2. The Morgan fingerprint density at radius 1 is 0.619 bits per heavy atom. The fourth-order valence-electron chi connectivity index (χ4n) is 4.83. The van der Waals surface area contributed by atoms with E-state index >= 15 is 0 Å². The lowest BCUT2D eigenvalue weighted by atomic mass is 10.0. The predicted octanol–water partition coefficient (Wildman–Crippen LogP) is 10.1. The van der Waals surface area contributed by atoms with Gasteiger partial charge in [-0.15, -0.1) is 0 Å². The first-order valence-electron chi connectivity index (χ1n) is 17.7. The molecule has 0 aliphatic rings. The van der Waals surface area contributed by atoms with Crippen LogP contribution >= 0.6 is 0 Å². The molecule has 0 saturated carbocycles. The van der Waals surface area contributed by atoms with Gasteiger partial charge in [-0.25, -0.2) is 0 Å². The molecular formula is C37H67NO4. The van der Waals surface area contributed by atoms with Gasteiger partial charge < -0.3 is 15.2 Å². The lowest BCUT2D eigenvalue weighted by Crippen LogP contribution is -2.35. The fraction of sp³-hybridized carbons (Fsp3) is 0.784. The van der Waals surface area contributed by atoms with Gasteiger partial charge in [-0.2, -0.15) is 0 Å². The van der Waals surface area contributed by atoms with Crippen molar-refractivity contribution in [2.24, 2.45) is 0 Å². The average molecular weight is 590 g/mol. The normalized spacial score (nSPS) is 12.5. The van der Waals surface area contributed by atoms with E-state index in [1.165, 1.54) is 83.5 Å². The number of hydrogen-bond acceptors (Lipinski definition) is 4. The molecule has 0 aromatic carbocycles. The molecule has 0 bridgehead atoms. The monoisotopic (exact) mass is 590 g/mol. The van der Waals surface area contributed by atoms with E-state index in [0.29, 0.717) is 12.8 Å². The average Bonchev–Trinajstić information content (AvgIpc) is 2.99. The van der Waals surface area contributed by atoms with Crippen LogP contribution in [0.5, 0.6) is 0 Å². The number of rotatable bonds is 31. The van der Waals surface area contributed by atoms with Crippen molar-refractivity contribution in [1.82, 2.24) is 5.32 Å².